The molecule has 0 fully saturated rings. The molecule has 1 aromatic carbocycles. The molecule has 0 aliphatic carbocycles. The molecule has 212 valence electrons. The van der Waals surface area contributed by atoms with Crippen molar-refractivity contribution in [3.63, 3.8) is 0 Å². The van der Waals surface area contributed by atoms with Gasteiger partial charge in [-0.2, -0.15) is 0 Å². The monoisotopic (exact) mass is 558 g/mol. The normalized spacial score (nSPS) is 14.1. The summed E-state index contributed by atoms with van der Waals surface area (Å²) in [5, 5.41) is 15.5. The van der Waals surface area contributed by atoms with Crippen molar-refractivity contribution in [3.8, 4) is 5.75 Å². The molecule has 0 bridgehead atoms. The lowest BCUT2D eigenvalue weighted by Gasteiger charge is -2.20. The van der Waals surface area contributed by atoms with Crippen LogP contribution < -0.4 is 16.4 Å². The molecule has 4 atom stereocenters. The number of rotatable bonds is 17. The van der Waals surface area contributed by atoms with Crippen LogP contribution in [-0.4, -0.2) is 57.9 Å². The van der Waals surface area contributed by atoms with Gasteiger partial charge in [0.25, 0.3) is 0 Å². The average molecular weight is 559 g/mol. The number of nitrogens with two attached hydrogens (primary N) is 1. The van der Waals surface area contributed by atoms with Crippen LogP contribution >= 0.6 is 11.3 Å². The number of Topliss-reactive ketones (excluding diaryl/α,β-unsaturated/α-hetero) is 2. The van der Waals surface area contributed by atoms with E-state index < -0.39 is 35.9 Å². The van der Waals surface area contributed by atoms with Gasteiger partial charge in [-0.3, -0.25) is 24.0 Å². The van der Waals surface area contributed by atoms with Gasteiger partial charge in [0.1, 0.15) is 5.75 Å². The van der Waals surface area contributed by atoms with E-state index in [-0.39, 0.29) is 30.2 Å². The second-order valence-corrected chi connectivity index (χ2v) is 11.0. The third-order valence-electron chi connectivity index (χ3n) is 6.37. The number of aldehydes is 1. The summed E-state index contributed by atoms with van der Waals surface area (Å²) in [7, 11) is 0. The van der Waals surface area contributed by atoms with Crippen LogP contribution in [0.4, 0.5) is 0 Å². The zero-order valence-electron chi connectivity index (χ0n) is 22.6. The van der Waals surface area contributed by atoms with Gasteiger partial charge in [-0.1, -0.05) is 25.5 Å². The zero-order chi connectivity index (χ0) is 28.9. The number of thiazole rings is 1. The number of carbonyl (C=O) groups is 5. The Hall–Kier alpha value is -3.44. The molecule has 1 aromatic heterocycles. The molecule has 2 amide bonds. The van der Waals surface area contributed by atoms with Crippen molar-refractivity contribution >= 4 is 41.0 Å². The molecule has 10 nitrogen and oxygen atoms in total. The summed E-state index contributed by atoms with van der Waals surface area (Å²) in [5.74, 6) is -1.85. The number of nitrogens with zero attached hydrogens (tertiary/aromatic N) is 1. The Balaban J connectivity index is 1.67. The molecule has 1 heterocycles. The second-order valence-electron chi connectivity index (χ2n) is 9.81. The van der Waals surface area contributed by atoms with E-state index in [2.05, 4.69) is 15.6 Å². The highest BCUT2D eigenvalue weighted by Gasteiger charge is 2.25. The number of amides is 2. The first-order valence-electron chi connectivity index (χ1n) is 13.1. The van der Waals surface area contributed by atoms with Crippen molar-refractivity contribution < 1.29 is 29.1 Å². The minimum absolute atomic E-state index is 0.0809. The summed E-state index contributed by atoms with van der Waals surface area (Å²) in [6, 6.07) is 3.97. The van der Waals surface area contributed by atoms with E-state index in [4.69, 9.17) is 5.73 Å². The number of phenolic OH excluding ortho intramolecular Hbond substituents is 1. The Bertz CT molecular complexity index is 1130. The van der Waals surface area contributed by atoms with Gasteiger partial charge in [0.15, 0.2) is 17.9 Å². The molecule has 0 saturated heterocycles. The zero-order valence-corrected chi connectivity index (χ0v) is 23.5. The fraction of sp³-hybridized carbons (Fsp3) is 0.500. The lowest BCUT2D eigenvalue weighted by Crippen LogP contribution is -2.48. The third kappa shape index (κ3) is 11.1. The summed E-state index contributed by atoms with van der Waals surface area (Å²) in [5.41, 5.74) is 6.73. The molecule has 0 aliphatic heterocycles. The SMILES string of the molecule is C[C@H](CC(=O)[C@H](C)NC(=O)[C@@H](N)Cc1ccc(O)cc1)C(=O)N[C@@H](C)C(=O)CCCCCc1ncc(C=O)s1. The van der Waals surface area contributed by atoms with Gasteiger partial charge in [-0.25, -0.2) is 4.98 Å². The summed E-state index contributed by atoms with van der Waals surface area (Å²) in [6.07, 6.45) is 5.95. The number of benzene rings is 1. The van der Waals surface area contributed by atoms with Crippen LogP contribution in [0.1, 0.15) is 73.1 Å². The van der Waals surface area contributed by atoms with E-state index >= 15 is 0 Å². The lowest BCUT2D eigenvalue weighted by molar-refractivity contribution is -0.133. The predicted octanol–water partition coefficient (Wildman–Crippen LogP) is 2.51. The quantitative estimate of drug-likeness (QED) is 0.170. The van der Waals surface area contributed by atoms with Gasteiger partial charge in [0.2, 0.25) is 11.8 Å². The molecule has 2 aromatic rings. The first kappa shape index (κ1) is 31.8. The van der Waals surface area contributed by atoms with Gasteiger partial charge in [0, 0.05) is 25.0 Å². The minimum Gasteiger partial charge on any atom is -0.508 e. The summed E-state index contributed by atoms with van der Waals surface area (Å²) < 4.78 is 0. The van der Waals surface area contributed by atoms with Crippen LogP contribution in [0.15, 0.2) is 30.5 Å². The Morgan fingerprint density at radius 3 is 2.26 bits per heavy atom. The highest BCUT2D eigenvalue weighted by molar-refractivity contribution is 7.13. The molecule has 0 unspecified atom stereocenters. The summed E-state index contributed by atoms with van der Waals surface area (Å²) in [6.45, 7) is 4.77. The first-order valence-corrected chi connectivity index (χ1v) is 13.9. The number of phenols is 1. The van der Waals surface area contributed by atoms with Gasteiger partial charge in [-0.15, -0.1) is 11.3 Å². The van der Waals surface area contributed by atoms with Crippen molar-refractivity contribution in [2.75, 3.05) is 0 Å². The summed E-state index contributed by atoms with van der Waals surface area (Å²) >= 11 is 1.37. The number of aromatic hydroxyl groups is 1. The molecule has 0 radical (unpaired) electrons. The predicted molar refractivity (Wildman–Crippen MR) is 148 cm³/mol. The standard InChI is InChI=1S/C28H38N4O6S/c1-17(13-25(36)19(3)32-28(38)23(29)14-20-9-11-21(34)12-10-20)27(37)31-18(2)24(35)7-5-4-6-8-26-30-15-22(16-33)39-26/h9-12,15-19,23,34H,4-8,13-14,29H2,1-3H3,(H,31,37)(H,32,38)/t17-,18+,19+,23+/m1/s1. The van der Waals surface area contributed by atoms with Gasteiger partial charge >= 0.3 is 0 Å². The Morgan fingerprint density at radius 1 is 0.974 bits per heavy atom. The summed E-state index contributed by atoms with van der Waals surface area (Å²) in [4.78, 5) is 65.5. The second kappa shape index (κ2) is 15.8. The topological polar surface area (TPSA) is 169 Å². The van der Waals surface area contributed by atoms with Gasteiger partial charge in [0.05, 0.1) is 28.0 Å². The maximum absolute atomic E-state index is 12.6. The number of ketones is 2. The smallest absolute Gasteiger partial charge is 0.237 e. The lowest BCUT2D eigenvalue weighted by atomic mass is 9.98. The molecule has 0 spiro atoms. The minimum atomic E-state index is -0.875. The van der Waals surface area contributed by atoms with Crippen molar-refractivity contribution in [2.45, 2.75) is 83.8 Å². The number of unbranched alkanes of at least 4 members (excludes halogenated alkanes) is 2. The maximum Gasteiger partial charge on any atom is 0.237 e. The molecule has 0 aliphatic rings. The molecule has 11 heteroatoms. The van der Waals surface area contributed by atoms with Crippen LogP contribution in [0.2, 0.25) is 0 Å². The molecule has 0 saturated carbocycles. The van der Waals surface area contributed by atoms with Crippen molar-refractivity contribution in [1.82, 2.24) is 15.6 Å². The number of aromatic nitrogens is 1. The number of hydrogen-bond acceptors (Lipinski definition) is 9. The Labute approximate surface area is 232 Å². The third-order valence-corrected chi connectivity index (χ3v) is 7.35. The van der Waals surface area contributed by atoms with E-state index in [9.17, 15) is 29.1 Å². The van der Waals surface area contributed by atoms with E-state index in [1.54, 1.807) is 39.1 Å². The average Bonchev–Trinajstić information content (AvgIpc) is 3.37. The van der Waals surface area contributed by atoms with Crippen LogP contribution in [0, 0.1) is 5.92 Å². The molecular formula is C28H38N4O6S. The molecular weight excluding hydrogens is 520 g/mol. The number of nitrogens with one attached hydrogen (secondary N) is 2. The maximum atomic E-state index is 12.6. The molecule has 2 rings (SSSR count). The number of hydrogen-bond donors (Lipinski definition) is 4. The van der Waals surface area contributed by atoms with Crippen LogP contribution in [-0.2, 0) is 32.0 Å². The Morgan fingerprint density at radius 2 is 1.62 bits per heavy atom. The Kier molecular flexibility index (Phi) is 12.9. The van der Waals surface area contributed by atoms with E-state index in [1.807, 2.05) is 0 Å². The fourth-order valence-corrected chi connectivity index (χ4v) is 4.63. The van der Waals surface area contributed by atoms with E-state index in [1.165, 1.54) is 23.5 Å². The van der Waals surface area contributed by atoms with Crippen LogP contribution in [0.3, 0.4) is 0 Å². The first-order chi connectivity index (χ1) is 18.5. The van der Waals surface area contributed by atoms with Crippen molar-refractivity contribution in [2.24, 2.45) is 11.7 Å². The molecule has 39 heavy (non-hydrogen) atoms. The largest absolute Gasteiger partial charge is 0.508 e. The van der Waals surface area contributed by atoms with Crippen molar-refractivity contribution in [1.29, 1.82) is 0 Å². The van der Waals surface area contributed by atoms with Crippen molar-refractivity contribution in [3.05, 3.63) is 45.9 Å². The van der Waals surface area contributed by atoms with Gasteiger partial charge < -0.3 is 21.5 Å². The molecule has 5 N–H and O–H groups in total. The van der Waals surface area contributed by atoms with Gasteiger partial charge in [-0.05, 0) is 57.2 Å². The van der Waals surface area contributed by atoms with Crippen LogP contribution in [0.5, 0.6) is 5.75 Å². The fourth-order valence-electron chi connectivity index (χ4n) is 3.85. The number of carbonyl (C=O) groups excluding carboxylic acids is 5. The highest BCUT2D eigenvalue weighted by atomic mass is 32.1. The van der Waals surface area contributed by atoms with E-state index in [0.717, 1.165) is 36.1 Å². The highest BCUT2D eigenvalue weighted by Crippen LogP contribution is 2.15. The van der Waals surface area contributed by atoms with E-state index in [0.29, 0.717) is 17.7 Å². The number of aryl methyl sites for hydroxylation is 1. The van der Waals surface area contributed by atoms with Crippen LogP contribution in [0.25, 0.3) is 0 Å².